The summed E-state index contributed by atoms with van der Waals surface area (Å²) in [5, 5.41) is 9.01. The number of aliphatic carboxylic acids is 1. The van der Waals surface area contributed by atoms with Crippen LogP contribution >= 0.6 is 23.1 Å². The number of carboxylic acid groups (broad SMARTS) is 1. The third-order valence-electron chi connectivity index (χ3n) is 3.74. The number of nitrogens with zero attached hydrogens (tertiary/aromatic N) is 1. The van der Waals surface area contributed by atoms with Crippen LogP contribution in [0.3, 0.4) is 0 Å². The van der Waals surface area contributed by atoms with Crippen molar-refractivity contribution in [3.63, 3.8) is 0 Å². The van der Waals surface area contributed by atoms with Gasteiger partial charge in [0, 0.05) is 29.3 Å². The van der Waals surface area contributed by atoms with Gasteiger partial charge < -0.3 is 14.7 Å². The number of hydrogen-bond acceptors (Lipinski definition) is 5. The topological polar surface area (TPSA) is 66.8 Å². The van der Waals surface area contributed by atoms with Crippen molar-refractivity contribution < 1.29 is 19.4 Å². The predicted octanol–water partition coefficient (Wildman–Crippen LogP) is 1.85. The number of hydrogen-bond donors (Lipinski definition) is 1. The van der Waals surface area contributed by atoms with Crippen LogP contribution < -0.4 is 0 Å². The monoisotopic (exact) mass is 327 g/mol. The van der Waals surface area contributed by atoms with Crippen molar-refractivity contribution in [2.45, 2.75) is 25.5 Å². The average molecular weight is 327 g/mol. The van der Waals surface area contributed by atoms with Gasteiger partial charge in [0.2, 0.25) is 0 Å². The minimum absolute atomic E-state index is 0.0208. The van der Waals surface area contributed by atoms with E-state index in [4.69, 9.17) is 9.84 Å². The van der Waals surface area contributed by atoms with E-state index in [1.54, 1.807) is 16.7 Å². The Bertz CT molecular complexity index is 534. The molecule has 1 fully saturated rings. The first-order valence-corrected chi connectivity index (χ1v) is 8.92. The number of ether oxygens (including phenoxy) is 1. The number of carboxylic acids is 1. The number of thiophene rings is 1. The molecule has 3 rings (SSSR count). The molecule has 2 aliphatic heterocycles. The van der Waals surface area contributed by atoms with Gasteiger partial charge in [-0.05, 0) is 11.6 Å². The lowest BCUT2D eigenvalue weighted by atomic mass is 10.1. The maximum absolute atomic E-state index is 12.7. The second-order valence-corrected chi connectivity index (χ2v) is 7.47. The van der Waals surface area contributed by atoms with Gasteiger partial charge in [0.25, 0.3) is 5.91 Å². The largest absolute Gasteiger partial charge is 0.481 e. The molecule has 0 bridgehead atoms. The molecule has 5 nitrogen and oxygen atoms in total. The molecule has 0 radical (unpaired) electrons. The highest BCUT2D eigenvalue weighted by Crippen LogP contribution is 2.29. The zero-order chi connectivity index (χ0) is 14.8. The minimum atomic E-state index is -0.848. The number of amides is 1. The molecule has 0 spiro atoms. The van der Waals surface area contributed by atoms with Gasteiger partial charge in [-0.15, -0.1) is 11.3 Å². The van der Waals surface area contributed by atoms with Crippen LogP contribution in [0.2, 0.25) is 0 Å². The summed E-state index contributed by atoms with van der Waals surface area (Å²) in [7, 11) is 0. The Balaban J connectivity index is 1.78. The SMILES string of the molecule is O=C(O)CC1CSCCN1C(=O)c1cc2c(s1)CCOC2. The van der Waals surface area contributed by atoms with Crippen molar-refractivity contribution in [1.82, 2.24) is 4.90 Å². The van der Waals surface area contributed by atoms with Gasteiger partial charge in [-0.1, -0.05) is 0 Å². The van der Waals surface area contributed by atoms with Crippen molar-refractivity contribution in [3.05, 3.63) is 21.4 Å². The molecule has 0 saturated carbocycles. The fraction of sp³-hybridized carbons (Fsp3) is 0.571. The van der Waals surface area contributed by atoms with Crippen LogP contribution in [0.1, 0.15) is 26.5 Å². The minimum Gasteiger partial charge on any atom is -0.481 e. The first-order valence-electron chi connectivity index (χ1n) is 6.95. The summed E-state index contributed by atoms with van der Waals surface area (Å²) in [6, 6.07) is 1.71. The Kier molecular flexibility index (Phi) is 4.51. The van der Waals surface area contributed by atoms with E-state index >= 15 is 0 Å². The van der Waals surface area contributed by atoms with E-state index in [-0.39, 0.29) is 18.4 Å². The number of thioether (sulfide) groups is 1. The fourth-order valence-electron chi connectivity index (χ4n) is 2.69. The van der Waals surface area contributed by atoms with E-state index in [2.05, 4.69) is 0 Å². The molecule has 1 atom stereocenters. The second kappa shape index (κ2) is 6.37. The number of rotatable bonds is 3. The highest BCUT2D eigenvalue weighted by Gasteiger charge is 2.31. The molecular weight excluding hydrogens is 310 g/mol. The summed E-state index contributed by atoms with van der Waals surface area (Å²) < 4.78 is 5.41. The van der Waals surface area contributed by atoms with Gasteiger partial charge in [0.15, 0.2) is 0 Å². The number of carbonyl (C=O) groups is 2. The van der Waals surface area contributed by atoms with Crippen LogP contribution in [-0.4, -0.2) is 52.6 Å². The number of fused-ring (bicyclic) bond motifs is 1. The molecule has 114 valence electrons. The Labute approximate surface area is 131 Å². The van der Waals surface area contributed by atoms with Crippen molar-refractivity contribution >= 4 is 35.0 Å². The van der Waals surface area contributed by atoms with Crippen LogP contribution in [0.15, 0.2) is 6.07 Å². The summed E-state index contributed by atoms with van der Waals surface area (Å²) in [5.41, 5.74) is 1.11. The molecule has 3 heterocycles. The lowest BCUT2D eigenvalue weighted by molar-refractivity contribution is -0.138. The van der Waals surface area contributed by atoms with Crippen LogP contribution in [0.25, 0.3) is 0 Å². The summed E-state index contributed by atoms with van der Waals surface area (Å²) in [6.07, 6.45) is 0.884. The second-order valence-electron chi connectivity index (χ2n) is 5.19. The smallest absolute Gasteiger partial charge is 0.305 e. The average Bonchev–Trinajstić information content (AvgIpc) is 2.90. The summed E-state index contributed by atoms with van der Waals surface area (Å²) in [4.78, 5) is 27.4. The Morgan fingerprint density at radius 1 is 1.48 bits per heavy atom. The van der Waals surface area contributed by atoms with Gasteiger partial charge in [0.1, 0.15) is 0 Å². The molecule has 1 saturated heterocycles. The highest BCUT2D eigenvalue weighted by molar-refractivity contribution is 7.99. The van der Waals surface area contributed by atoms with Crippen LogP contribution in [0, 0.1) is 0 Å². The van der Waals surface area contributed by atoms with E-state index in [9.17, 15) is 9.59 Å². The van der Waals surface area contributed by atoms with E-state index in [0.29, 0.717) is 30.4 Å². The molecule has 1 aromatic rings. The summed E-state index contributed by atoms with van der Waals surface area (Å²) in [6.45, 7) is 1.91. The fourth-order valence-corrected chi connectivity index (χ4v) is 4.85. The lowest BCUT2D eigenvalue weighted by Gasteiger charge is -2.34. The van der Waals surface area contributed by atoms with Crippen molar-refractivity contribution in [3.8, 4) is 0 Å². The first kappa shape index (κ1) is 14.9. The number of carbonyl (C=O) groups excluding carboxylic acids is 1. The predicted molar refractivity (Wildman–Crippen MR) is 82.1 cm³/mol. The first-order chi connectivity index (χ1) is 10.1. The van der Waals surface area contributed by atoms with Crippen LogP contribution in [0.5, 0.6) is 0 Å². The van der Waals surface area contributed by atoms with E-state index in [1.165, 1.54) is 16.2 Å². The Hall–Kier alpha value is -1.05. The molecule has 1 aromatic heterocycles. The molecule has 2 aliphatic rings. The molecule has 1 unspecified atom stereocenters. The molecule has 1 amide bonds. The van der Waals surface area contributed by atoms with Gasteiger partial charge >= 0.3 is 5.97 Å². The third-order valence-corrected chi connectivity index (χ3v) is 6.05. The summed E-state index contributed by atoms with van der Waals surface area (Å²) in [5.74, 6) is 0.697. The summed E-state index contributed by atoms with van der Waals surface area (Å²) >= 11 is 3.25. The molecule has 21 heavy (non-hydrogen) atoms. The molecular formula is C14H17NO4S2. The maximum atomic E-state index is 12.7. The van der Waals surface area contributed by atoms with Gasteiger partial charge in [0.05, 0.1) is 30.6 Å². The van der Waals surface area contributed by atoms with Crippen LogP contribution in [0.4, 0.5) is 0 Å². The third kappa shape index (κ3) is 3.25. The van der Waals surface area contributed by atoms with E-state index in [1.807, 2.05) is 6.07 Å². The molecule has 7 heteroatoms. The normalized spacial score (nSPS) is 21.9. The van der Waals surface area contributed by atoms with E-state index < -0.39 is 5.97 Å². The zero-order valence-electron chi connectivity index (χ0n) is 11.5. The lowest BCUT2D eigenvalue weighted by Crippen LogP contribution is -2.46. The van der Waals surface area contributed by atoms with Crippen molar-refractivity contribution in [1.29, 1.82) is 0 Å². The van der Waals surface area contributed by atoms with Gasteiger partial charge in [-0.2, -0.15) is 11.8 Å². The van der Waals surface area contributed by atoms with E-state index in [0.717, 1.165) is 17.7 Å². The maximum Gasteiger partial charge on any atom is 0.305 e. The Morgan fingerprint density at radius 3 is 3.10 bits per heavy atom. The standard InChI is InChI=1S/C14H17NO4S2/c16-13(17)6-10-8-20-4-2-15(10)14(18)12-5-9-7-19-3-1-11(9)21-12/h5,10H,1-4,6-8H2,(H,16,17). The van der Waals surface area contributed by atoms with Crippen molar-refractivity contribution in [2.24, 2.45) is 0 Å². The van der Waals surface area contributed by atoms with Crippen molar-refractivity contribution in [2.75, 3.05) is 24.7 Å². The highest BCUT2D eigenvalue weighted by atomic mass is 32.2. The van der Waals surface area contributed by atoms with Gasteiger partial charge in [-0.25, -0.2) is 0 Å². The zero-order valence-corrected chi connectivity index (χ0v) is 13.2. The Morgan fingerprint density at radius 2 is 2.33 bits per heavy atom. The molecule has 0 aliphatic carbocycles. The quantitative estimate of drug-likeness (QED) is 0.918. The molecule has 0 aromatic carbocycles. The van der Waals surface area contributed by atoms with Gasteiger partial charge in [-0.3, -0.25) is 9.59 Å². The molecule has 1 N–H and O–H groups in total. The van der Waals surface area contributed by atoms with Crippen LogP contribution in [-0.2, 0) is 22.6 Å².